The summed E-state index contributed by atoms with van der Waals surface area (Å²) in [5.74, 6) is 0. The molecule has 10 heteroatoms. The third-order valence-corrected chi connectivity index (χ3v) is 6.74. The normalized spacial score (nSPS) is 14.7. The lowest BCUT2D eigenvalue weighted by atomic mass is 9.95. The zero-order chi connectivity index (χ0) is 22.1. The largest absolute Gasteiger partial charge is 0.443 e. The molecular weight excluding hydrogens is 452 g/mol. The predicted molar refractivity (Wildman–Crippen MR) is 125 cm³/mol. The van der Waals surface area contributed by atoms with Gasteiger partial charge in [0.05, 0.1) is 10.5 Å². The van der Waals surface area contributed by atoms with Crippen LogP contribution in [0.15, 0.2) is 70.6 Å². The van der Waals surface area contributed by atoms with Crippen LogP contribution < -0.4 is 10.0 Å². The lowest BCUT2D eigenvalue weighted by Crippen LogP contribution is -2.44. The maximum atomic E-state index is 12.7. The molecule has 0 spiro atoms. The standard InChI is InChI=1S/C22H24N4O4S.ClH/c1-15(26-31(28,29)19-5-3-17-12-23-8-7-16(17)9-19)11-24-13-22(2,27)18-4-6-21-20(10-18)25-14-30-21;/h3-10,12,14-15,24,26-27H,11,13H2,1-2H3;1H. The Hall–Kier alpha value is -2.56. The molecule has 8 nitrogen and oxygen atoms in total. The van der Waals surface area contributed by atoms with Crippen molar-refractivity contribution in [3.05, 3.63) is 66.8 Å². The second kappa shape index (κ2) is 9.51. The first kappa shape index (κ1) is 24.1. The monoisotopic (exact) mass is 476 g/mol. The summed E-state index contributed by atoms with van der Waals surface area (Å²) in [6.07, 6.45) is 4.69. The molecule has 2 aromatic carbocycles. The van der Waals surface area contributed by atoms with E-state index >= 15 is 0 Å². The van der Waals surface area contributed by atoms with E-state index in [1.54, 1.807) is 68.7 Å². The number of sulfonamides is 1. The first-order chi connectivity index (χ1) is 14.7. The third-order valence-electron chi connectivity index (χ3n) is 5.15. The van der Waals surface area contributed by atoms with Gasteiger partial charge in [-0.25, -0.2) is 18.1 Å². The Morgan fingerprint density at radius 3 is 2.78 bits per heavy atom. The van der Waals surface area contributed by atoms with Crippen LogP contribution in [0.2, 0.25) is 0 Å². The smallest absolute Gasteiger partial charge is 0.240 e. The van der Waals surface area contributed by atoms with Crippen LogP contribution >= 0.6 is 12.4 Å². The summed E-state index contributed by atoms with van der Waals surface area (Å²) < 4.78 is 33.4. The Labute approximate surface area is 192 Å². The number of halogens is 1. The van der Waals surface area contributed by atoms with E-state index < -0.39 is 15.6 Å². The first-order valence-electron chi connectivity index (χ1n) is 9.87. The minimum atomic E-state index is -3.68. The molecule has 2 aromatic heterocycles. The predicted octanol–water partition coefficient (Wildman–Crippen LogP) is 2.96. The van der Waals surface area contributed by atoms with E-state index in [2.05, 4.69) is 20.0 Å². The van der Waals surface area contributed by atoms with Crippen molar-refractivity contribution in [3.8, 4) is 0 Å². The molecule has 0 saturated carbocycles. The summed E-state index contributed by atoms with van der Waals surface area (Å²) in [5.41, 5.74) is 0.865. The minimum absolute atomic E-state index is 0. The fourth-order valence-electron chi connectivity index (χ4n) is 3.43. The van der Waals surface area contributed by atoms with Crippen LogP contribution in [0.4, 0.5) is 0 Å². The number of hydrogen-bond donors (Lipinski definition) is 3. The average Bonchev–Trinajstić information content (AvgIpc) is 3.21. The molecule has 0 saturated heterocycles. The topological polar surface area (TPSA) is 117 Å². The highest BCUT2D eigenvalue weighted by molar-refractivity contribution is 7.89. The van der Waals surface area contributed by atoms with Gasteiger partial charge in [0.15, 0.2) is 12.0 Å². The van der Waals surface area contributed by atoms with E-state index in [1.807, 2.05) is 0 Å². The van der Waals surface area contributed by atoms with Gasteiger partial charge in [-0.3, -0.25) is 4.98 Å². The summed E-state index contributed by atoms with van der Waals surface area (Å²) in [4.78, 5) is 8.35. The Bertz CT molecular complexity index is 1320. The molecule has 0 aliphatic rings. The summed E-state index contributed by atoms with van der Waals surface area (Å²) in [6.45, 7) is 4.05. The van der Waals surface area contributed by atoms with Gasteiger partial charge in [0.1, 0.15) is 5.52 Å². The van der Waals surface area contributed by atoms with Gasteiger partial charge in [0.2, 0.25) is 10.0 Å². The molecule has 170 valence electrons. The van der Waals surface area contributed by atoms with Crippen molar-refractivity contribution in [2.24, 2.45) is 0 Å². The molecule has 4 aromatic rings. The number of pyridine rings is 1. The van der Waals surface area contributed by atoms with Crippen molar-refractivity contribution in [2.45, 2.75) is 30.4 Å². The van der Waals surface area contributed by atoms with Crippen molar-refractivity contribution in [1.29, 1.82) is 0 Å². The molecule has 2 atom stereocenters. The fraction of sp³-hybridized carbons (Fsp3) is 0.273. The molecule has 0 amide bonds. The number of nitrogens with zero attached hydrogens (tertiary/aromatic N) is 2. The van der Waals surface area contributed by atoms with Crippen LogP contribution in [0.25, 0.3) is 21.9 Å². The van der Waals surface area contributed by atoms with Crippen molar-refractivity contribution in [1.82, 2.24) is 20.0 Å². The van der Waals surface area contributed by atoms with Gasteiger partial charge >= 0.3 is 0 Å². The number of fused-ring (bicyclic) bond motifs is 2. The zero-order valence-corrected chi connectivity index (χ0v) is 19.3. The van der Waals surface area contributed by atoms with Crippen molar-refractivity contribution >= 4 is 44.3 Å². The first-order valence-corrected chi connectivity index (χ1v) is 11.4. The van der Waals surface area contributed by atoms with Crippen LogP contribution in [-0.4, -0.2) is 42.6 Å². The molecule has 0 radical (unpaired) electrons. The maximum Gasteiger partial charge on any atom is 0.240 e. The van der Waals surface area contributed by atoms with Gasteiger partial charge < -0.3 is 14.8 Å². The van der Waals surface area contributed by atoms with Gasteiger partial charge in [-0.05, 0) is 55.1 Å². The molecule has 0 fully saturated rings. The molecular formula is C22H25ClN4O4S. The van der Waals surface area contributed by atoms with Crippen LogP contribution in [0, 0.1) is 0 Å². The molecule has 2 heterocycles. The number of rotatable bonds is 8. The zero-order valence-electron chi connectivity index (χ0n) is 17.6. The average molecular weight is 477 g/mol. The van der Waals surface area contributed by atoms with E-state index in [9.17, 15) is 13.5 Å². The van der Waals surface area contributed by atoms with Crippen molar-refractivity contribution in [2.75, 3.05) is 13.1 Å². The Kier molecular flexibility index (Phi) is 7.16. The van der Waals surface area contributed by atoms with Crippen LogP contribution in [0.1, 0.15) is 19.4 Å². The summed E-state index contributed by atoms with van der Waals surface area (Å²) in [6, 6.07) is 11.7. The van der Waals surface area contributed by atoms with Gasteiger partial charge in [0, 0.05) is 36.9 Å². The molecule has 0 bridgehead atoms. The SMILES string of the molecule is CC(CNCC(C)(O)c1ccc2ocnc2c1)NS(=O)(=O)c1ccc2cnccc2c1.Cl. The highest BCUT2D eigenvalue weighted by atomic mass is 35.5. The van der Waals surface area contributed by atoms with Crippen LogP contribution in [-0.2, 0) is 15.6 Å². The minimum Gasteiger partial charge on any atom is -0.443 e. The summed E-state index contributed by atoms with van der Waals surface area (Å²) in [7, 11) is -3.68. The van der Waals surface area contributed by atoms with Crippen LogP contribution in [0.5, 0.6) is 0 Å². The molecule has 2 unspecified atom stereocenters. The fourth-order valence-corrected chi connectivity index (χ4v) is 4.71. The summed E-state index contributed by atoms with van der Waals surface area (Å²) >= 11 is 0. The van der Waals surface area contributed by atoms with Gasteiger partial charge in [0.25, 0.3) is 0 Å². The van der Waals surface area contributed by atoms with E-state index in [0.717, 1.165) is 10.8 Å². The van der Waals surface area contributed by atoms with Gasteiger partial charge in [-0.2, -0.15) is 0 Å². The third kappa shape index (κ3) is 5.25. The van der Waals surface area contributed by atoms with E-state index in [4.69, 9.17) is 4.42 Å². The van der Waals surface area contributed by atoms with Gasteiger partial charge in [-0.15, -0.1) is 12.4 Å². The molecule has 0 aliphatic heterocycles. The lowest BCUT2D eigenvalue weighted by Gasteiger charge is -2.25. The second-order valence-corrected chi connectivity index (χ2v) is 9.56. The van der Waals surface area contributed by atoms with E-state index in [-0.39, 0.29) is 29.9 Å². The highest BCUT2D eigenvalue weighted by Gasteiger charge is 2.24. The highest BCUT2D eigenvalue weighted by Crippen LogP contribution is 2.24. The maximum absolute atomic E-state index is 12.7. The Morgan fingerprint density at radius 1 is 1.16 bits per heavy atom. The van der Waals surface area contributed by atoms with Crippen molar-refractivity contribution < 1.29 is 17.9 Å². The number of benzene rings is 2. The quantitative estimate of drug-likeness (QED) is 0.358. The number of aliphatic hydroxyl groups is 1. The van der Waals surface area contributed by atoms with Crippen molar-refractivity contribution in [3.63, 3.8) is 0 Å². The van der Waals surface area contributed by atoms with Gasteiger partial charge in [-0.1, -0.05) is 12.1 Å². The number of aromatic nitrogens is 2. The molecule has 0 aliphatic carbocycles. The number of oxazole rings is 1. The lowest BCUT2D eigenvalue weighted by molar-refractivity contribution is 0.0569. The molecule has 4 rings (SSSR count). The van der Waals surface area contributed by atoms with E-state index in [1.165, 1.54) is 6.39 Å². The second-order valence-electron chi connectivity index (χ2n) is 7.85. The summed E-state index contributed by atoms with van der Waals surface area (Å²) in [5, 5.41) is 15.7. The molecule has 32 heavy (non-hydrogen) atoms. The van der Waals surface area contributed by atoms with Crippen LogP contribution in [0.3, 0.4) is 0 Å². The Balaban J connectivity index is 0.00000289. The Morgan fingerprint density at radius 2 is 1.97 bits per heavy atom. The number of hydrogen-bond acceptors (Lipinski definition) is 7. The molecule has 3 N–H and O–H groups in total. The number of nitrogens with one attached hydrogen (secondary N) is 2. The van der Waals surface area contributed by atoms with E-state index in [0.29, 0.717) is 23.2 Å².